The van der Waals surface area contributed by atoms with Gasteiger partial charge in [0.15, 0.2) is 5.78 Å². The van der Waals surface area contributed by atoms with Gasteiger partial charge in [0, 0.05) is 17.4 Å². The molecule has 0 aliphatic heterocycles. The molecule has 0 spiro atoms. The number of nitrogens with zero attached hydrogens (tertiary/aromatic N) is 1. The molecule has 0 saturated heterocycles. The second-order valence-electron chi connectivity index (χ2n) is 7.87. The topological polar surface area (TPSA) is 68.7 Å². The highest BCUT2D eigenvalue weighted by molar-refractivity contribution is 5.99. The lowest BCUT2D eigenvalue weighted by Gasteiger charge is -2.13. The van der Waals surface area contributed by atoms with Gasteiger partial charge in [-0.3, -0.25) is 9.78 Å². The van der Waals surface area contributed by atoms with E-state index in [1.54, 1.807) is 25.3 Å². The van der Waals surface area contributed by atoms with E-state index in [1.807, 2.05) is 44.2 Å². The fraction of sp³-hybridized carbons (Fsp3) is 0.360. The molecular formula is C25H29NO4. The lowest BCUT2D eigenvalue weighted by atomic mass is 9.98. The maximum Gasteiger partial charge on any atom is 0.166 e. The molecule has 1 N–H and O–H groups in total. The molecule has 0 saturated carbocycles. The molecule has 0 bridgehead atoms. The average Bonchev–Trinajstić information content (AvgIpc) is 2.72. The molecule has 0 fully saturated rings. The van der Waals surface area contributed by atoms with Crippen LogP contribution in [0.2, 0.25) is 0 Å². The Morgan fingerprint density at radius 3 is 2.57 bits per heavy atom. The first-order valence-electron chi connectivity index (χ1n) is 10.4. The predicted octanol–water partition coefficient (Wildman–Crippen LogP) is 5.72. The summed E-state index contributed by atoms with van der Waals surface area (Å²) in [5.74, 6) is 1.59. The number of hydrogen-bond acceptors (Lipinski definition) is 5. The Hall–Kier alpha value is -3.08. The summed E-state index contributed by atoms with van der Waals surface area (Å²) < 4.78 is 11.6. The van der Waals surface area contributed by atoms with Crippen LogP contribution in [0.4, 0.5) is 0 Å². The van der Waals surface area contributed by atoms with Gasteiger partial charge in [0.1, 0.15) is 17.2 Å². The summed E-state index contributed by atoms with van der Waals surface area (Å²) >= 11 is 0. The van der Waals surface area contributed by atoms with E-state index in [1.165, 1.54) is 0 Å². The van der Waals surface area contributed by atoms with Gasteiger partial charge in [-0.15, -0.1) is 0 Å². The highest BCUT2D eigenvalue weighted by Gasteiger charge is 2.17. The Morgan fingerprint density at radius 2 is 1.80 bits per heavy atom. The number of pyridine rings is 1. The minimum atomic E-state index is -0.0440. The standard InChI is InChI=1S/C25H29NO4/c1-17(2)14-23(27)21-10-11-24(18(3)25(21)28)30-13-7-6-12-29-20-15-19-8-4-5-9-22(19)26-16-20/h4-5,8-11,15-17,28H,6-7,12-14H2,1-3H3. The van der Waals surface area contributed by atoms with Gasteiger partial charge in [-0.2, -0.15) is 0 Å². The van der Waals surface area contributed by atoms with Gasteiger partial charge in [-0.25, -0.2) is 0 Å². The van der Waals surface area contributed by atoms with Crippen molar-refractivity contribution in [3.8, 4) is 17.2 Å². The van der Waals surface area contributed by atoms with Gasteiger partial charge < -0.3 is 14.6 Å². The van der Waals surface area contributed by atoms with Crippen molar-refractivity contribution < 1.29 is 19.4 Å². The summed E-state index contributed by atoms with van der Waals surface area (Å²) in [6.45, 7) is 6.83. The van der Waals surface area contributed by atoms with Crippen molar-refractivity contribution in [2.24, 2.45) is 5.92 Å². The number of fused-ring (bicyclic) bond motifs is 1. The summed E-state index contributed by atoms with van der Waals surface area (Å²) in [6.07, 6.45) is 3.81. The molecule has 0 aliphatic rings. The van der Waals surface area contributed by atoms with Crippen LogP contribution in [-0.4, -0.2) is 29.1 Å². The van der Waals surface area contributed by atoms with Crippen LogP contribution in [0.25, 0.3) is 10.9 Å². The highest BCUT2D eigenvalue weighted by atomic mass is 16.5. The van der Waals surface area contributed by atoms with E-state index in [9.17, 15) is 9.90 Å². The number of unbranched alkanes of at least 4 members (excludes halogenated alkanes) is 1. The zero-order chi connectivity index (χ0) is 21.5. The van der Waals surface area contributed by atoms with E-state index < -0.39 is 0 Å². The summed E-state index contributed by atoms with van der Waals surface area (Å²) in [5.41, 5.74) is 1.92. The van der Waals surface area contributed by atoms with Crippen molar-refractivity contribution >= 4 is 16.7 Å². The number of rotatable bonds is 10. The molecule has 3 rings (SSSR count). The number of ether oxygens (including phenoxy) is 2. The Kier molecular flexibility index (Phi) is 7.28. The highest BCUT2D eigenvalue weighted by Crippen LogP contribution is 2.32. The van der Waals surface area contributed by atoms with Crippen molar-refractivity contribution in [3.05, 3.63) is 59.8 Å². The minimum absolute atomic E-state index is 0.0188. The van der Waals surface area contributed by atoms with Crippen LogP contribution in [-0.2, 0) is 0 Å². The van der Waals surface area contributed by atoms with Crippen molar-refractivity contribution in [1.82, 2.24) is 4.98 Å². The zero-order valence-electron chi connectivity index (χ0n) is 17.9. The quantitative estimate of drug-likeness (QED) is 0.344. The molecule has 1 heterocycles. The molecule has 0 radical (unpaired) electrons. The molecule has 0 atom stereocenters. The lowest BCUT2D eigenvalue weighted by molar-refractivity contribution is 0.0965. The number of carbonyl (C=O) groups is 1. The van der Waals surface area contributed by atoms with Gasteiger partial charge >= 0.3 is 0 Å². The summed E-state index contributed by atoms with van der Waals surface area (Å²) in [7, 11) is 0. The third-order valence-corrected chi connectivity index (χ3v) is 4.91. The number of phenols is 1. The van der Waals surface area contributed by atoms with Crippen LogP contribution in [0.5, 0.6) is 17.2 Å². The van der Waals surface area contributed by atoms with Crippen LogP contribution in [0, 0.1) is 12.8 Å². The Morgan fingerprint density at radius 1 is 1.07 bits per heavy atom. The number of aromatic hydroxyl groups is 1. The van der Waals surface area contributed by atoms with Crippen molar-refractivity contribution in [1.29, 1.82) is 0 Å². The van der Waals surface area contributed by atoms with Crippen LogP contribution < -0.4 is 9.47 Å². The molecule has 1 aromatic heterocycles. The van der Waals surface area contributed by atoms with Crippen molar-refractivity contribution in [2.45, 2.75) is 40.0 Å². The number of benzene rings is 2. The number of Topliss-reactive ketones (excluding diaryl/α,β-unsaturated/α-hetero) is 1. The second kappa shape index (κ2) is 10.1. The van der Waals surface area contributed by atoms with E-state index in [2.05, 4.69) is 4.98 Å². The normalized spacial score (nSPS) is 11.1. The molecule has 2 aromatic carbocycles. The Labute approximate surface area is 177 Å². The van der Waals surface area contributed by atoms with Crippen LogP contribution >= 0.6 is 0 Å². The first-order valence-corrected chi connectivity index (χ1v) is 10.4. The van der Waals surface area contributed by atoms with Gasteiger partial charge in [0.05, 0.1) is 30.5 Å². The number of para-hydroxylation sites is 1. The van der Waals surface area contributed by atoms with E-state index in [4.69, 9.17) is 9.47 Å². The third-order valence-electron chi connectivity index (χ3n) is 4.91. The first kappa shape index (κ1) is 21.6. The predicted molar refractivity (Wildman–Crippen MR) is 119 cm³/mol. The molecule has 0 aliphatic carbocycles. The van der Waals surface area contributed by atoms with E-state index >= 15 is 0 Å². The maximum absolute atomic E-state index is 12.2. The van der Waals surface area contributed by atoms with E-state index in [0.717, 1.165) is 29.5 Å². The summed E-state index contributed by atoms with van der Waals surface area (Å²) in [6, 6.07) is 13.3. The molecule has 5 nitrogen and oxygen atoms in total. The summed E-state index contributed by atoms with van der Waals surface area (Å²) in [5, 5.41) is 11.4. The van der Waals surface area contributed by atoms with Gasteiger partial charge in [0.25, 0.3) is 0 Å². The SMILES string of the molecule is Cc1c(OCCCCOc2cnc3ccccc3c2)ccc(C(=O)CC(C)C)c1O. The number of carbonyl (C=O) groups excluding carboxylic acids is 1. The largest absolute Gasteiger partial charge is 0.507 e. The number of hydrogen-bond donors (Lipinski definition) is 1. The van der Waals surface area contributed by atoms with Crippen LogP contribution in [0.15, 0.2) is 48.7 Å². The average molecular weight is 408 g/mol. The molecular weight excluding hydrogens is 378 g/mol. The molecule has 3 aromatic rings. The number of ketones is 1. The molecule has 5 heteroatoms. The minimum Gasteiger partial charge on any atom is -0.507 e. The maximum atomic E-state index is 12.2. The van der Waals surface area contributed by atoms with Crippen molar-refractivity contribution in [2.75, 3.05) is 13.2 Å². The molecule has 30 heavy (non-hydrogen) atoms. The van der Waals surface area contributed by atoms with Gasteiger partial charge in [0.2, 0.25) is 0 Å². The van der Waals surface area contributed by atoms with Gasteiger partial charge in [-0.1, -0.05) is 32.0 Å². The molecule has 0 unspecified atom stereocenters. The van der Waals surface area contributed by atoms with Crippen LogP contribution in [0.1, 0.15) is 49.0 Å². The first-order chi connectivity index (χ1) is 14.5. The number of aromatic nitrogens is 1. The van der Waals surface area contributed by atoms with E-state index in [0.29, 0.717) is 36.5 Å². The monoisotopic (exact) mass is 407 g/mol. The smallest absolute Gasteiger partial charge is 0.166 e. The lowest BCUT2D eigenvalue weighted by Crippen LogP contribution is -2.06. The Bertz CT molecular complexity index is 1010. The van der Waals surface area contributed by atoms with Gasteiger partial charge in [-0.05, 0) is 49.9 Å². The van der Waals surface area contributed by atoms with E-state index in [-0.39, 0.29) is 17.5 Å². The zero-order valence-corrected chi connectivity index (χ0v) is 17.9. The fourth-order valence-electron chi connectivity index (χ4n) is 3.25. The molecule has 0 amide bonds. The summed E-state index contributed by atoms with van der Waals surface area (Å²) in [4.78, 5) is 16.6. The van der Waals surface area contributed by atoms with Crippen LogP contribution in [0.3, 0.4) is 0 Å². The molecule has 158 valence electrons. The fourth-order valence-corrected chi connectivity index (χ4v) is 3.25. The Balaban J connectivity index is 1.44. The second-order valence-corrected chi connectivity index (χ2v) is 7.87. The van der Waals surface area contributed by atoms with Crippen molar-refractivity contribution in [3.63, 3.8) is 0 Å². The number of phenolic OH excluding ortho intramolecular Hbond substituents is 1. The third kappa shape index (κ3) is 5.50.